The smallest absolute Gasteiger partial charge is 0.154 e. The van der Waals surface area contributed by atoms with Crippen LogP contribution in [0.15, 0.2) is 24.7 Å². The Morgan fingerprint density at radius 2 is 2.00 bits per heavy atom. The molecule has 0 bridgehead atoms. The Morgan fingerprint density at radius 3 is 2.50 bits per heavy atom. The minimum Gasteiger partial charge on any atom is -0.259 e. The summed E-state index contributed by atoms with van der Waals surface area (Å²) in [5.74, 6) is -0.397. The molecule has 2 heterocycles. The molecule has 5 heteroatoms. The number of pyridine rings is 1. The minimum atomic E-state index is -0.397. The maximum atomic E-state index is 12.8. The minimum absolute atomic E-state index is 0.397. The summed E-state index contributed by atoms with van der Waals surface area (Å²) in [6, 6.07) is 1.34. The maximum absolute atomic E-state index is 12.8. The van der Waals surface area contributed by atoms with Gasteiger partial charge in [0.25, 0.3) is 0 Å². The van der Waals surface area contributed by atoms with E-state index in [1.54, 1.807) is 6.20 Å². The van der Waals surface area contributed by atoms with Crippen molar-refractivity contribution >= 4 is 11.6 Å². The van der Waals surface area contributed by atoms with Gasteiger partial charge in [-0.2, -0.15) is 5.10 Å². The third-order valence-corrected chi connectivity index (χ3v) is 2.17. The van der Waals surface area contributed by atoms with E-state index in [2.05, 4.69) is 10.1 Å². The standard InChI is InChI=1S/C9H7ClFN3.C2H6/c1-6-5-14(13-9(6)10)8-2-7(11)3-12-4-8;1-2/h2-5H,1H3;1-2H3. The van der Waals surface area contributed by atoms with Crippen LogP contribution >= 0.6 is 11.6 Å². The van der Waals surface area contributed by atoms with Gasteiger partial charge in [0.1, 0.15) is 5.82 Å². The van der Waals surface area contributed by atoms with Crippen LogP contribution in [0.5, 0.6) is 0 Å². The lowest BCUT2D eigenvalue weighted by Crippen LogP contribution is -1.95. The molecule has 0 fully saturated rings. The Balaban J connectivity index is 0.000000606. The van der Waals surface area contributed by atoms with Crippen molar-refractivity contribution in [2.24, 2.45) is 0 Å². The van der Waals surface area contributed by atoms with E-state index in [1.807, 2.05) is 20.8 Å². The van der Waals surface area contributed by atoms with Crippen LogP contribution in [0.3, 0.4) is 0 Å². The fourth-order valence-electron chi connectivity index (χ4n) is 1.10. The van der Waals surface area contributed by atoms with E-state index in [1.165, 1.54) is 16.9 Å². The molecule has 0 atom stereocenters. The zero-order valence-corrected chi connectivity index (χ0v) is 10.2. The first-order valence-electron chi connectivity index (χ1n) is 4.99. The SMILES string of the molecule is CC.Cc1cn(-c2cncc(F)c2)nc1Cl. The molecular weight excluding hydrogens is 229 g/mol. The average molecular weight is 242 g/mol. The summed E-state index contributed by atoms with van der Waals surface area (Å²) in [7, 11) is 0. The van der Waals surface area contributed by atoms with Crippen molar-refractivity contribution in [3.8, 4) is 5.69 Å². The lowest BCUT2D eigenvalue weighted by atomic mass is 10.4. The molecule has 3 nitrogen and oxygen atoms in total. The summed E-state index contributed by atoms with van der Waals surface area (Å²) in [5, 5.41) is 4.41. The number of aromatic nitrogens is 3. The summed E-state index contributed by atoms with van der Waals surface area (Å²) in [6.07, 6.45) is 4.38. The Kier molecular flexibility index (Phi) is 4.43. The van der Waals surface area contributed by atoms with Crippen molar-refractivity contribution in [2.75, 3.05) is 0 Å². The van der Waals surface area contributed by atoms with Crippen LogP contribution in [0.25, 0.3) is 5.69 Å². The van der Waals surface area contributed by atoms with Gasteiger partial charge in [-0.1, -0.05) is 25.4 Å². The molecule has 16 heavy (non-hydrogen) atoms. The molecule has 0 amide bonds. The highest BCUT2D eigenvalue weighted by atomic mass is 35.5. The summed E-state index contributed by atoms with van der Waals surface area (Å²) in [4.78, 5) is 3.72. The highest BCUT2D eigenvalue weighted by Crippen LogP contribution is 2.15. The molecule has 0 aliphatic heterocycles. The molecule has 86 valence electrons. The quantitative estimate of drug-likeness (QED) is 0.766. The van der Waals surface area contributed by atoms with Gasteiger partial charge in [0.05, 0.1) is 18.1 Å². The van der Waals surface area contributed by atoms with Gasteiger partial charge in [-0.3, -0.25) is 4.98 Å². The van der Waals surface area contributed by atoms with E-state index < -0.39 is 5.82 Å². The van der Waals surface area contributed by atoms with E-state index in [4.69, 9.17) is 11.6 Å². The van der Waals surface area contributed by atoms with Gasteiger partial charge >= 0.3 is 0 Å². The Hall–Kier alpha value is -1.42. The predicted octanol–water partition coefficient (Wildman–Crippen LogP) is 3.39. The zero-order valence-electron chi connectivity index (χ0n) is 9.41. The van der Waals surface area contributed by atoms with Crippen LogP contribution in [0.1, 0.15) is 19.4 Å². The molecule has 2 rings (SSSR count). The highest BCUT2D eigenvalue weighted by Gasteiger charge is 2.04. The van der Waals surface area contributed by atoms with Crippen molar-refractivity contribution < 1.29 is 4.39 Å². The van der Waals surface area contributed by atoms with Gasteiger partial charge in [0, 0.05) is 17.8 Å². The second kappa shape index (κ2) is 5.61. The summed E-state index contributed by atoms with van der Waals surface area (Å²) in [5.41, 5.74) is 1.40. The normalized spacial score (nSPS) is 9.56. The topological polar surface area (TPSA) is 30.7 Å². The Labute approximate surface area is 98.9 Å². The lowest BCUT2D eigenvalue weighted by Gasteiger charge is -1.98. The number of nitrogens with zero attached hydrogens (tertiary/aromatic N) is 3. The van der Waals surface area contributed by atoms with Gasteiger partial charge in [-0.25, -0.2) is 9.07 Å². The monoisotopic (exact) mass is 241 g/mol. The van der Waals surface area contributed by atoms with Crippen molar-refractivity contribution in [2.45, 2.75) is 20.8 Å². The fraction of sp³-hybridized carbons (Fsp3) is 0.273. The number of aryl methyl sites for hydroxylation is 1. The van der Waals surface area contributed by atoms with Crippen molar-refractivity contribution in [1.82, 2.24) is 14.8 Å². The largest absolute Gasteiger partial charge is 0.259 e. The van der Waals surface area contributed by atoms with E-state index in [0.29, 0.717) is 10.8 Å². The first-order chi connectivity index (χ1) is 7.66. The average Bonchev–Trinajstić information content (AvgIpc) is 2.62. The van der Waals surface area contributed by atoms with E-state index in [9.17, 15) is 4.39 Å². The summed E-state index contributed by atoms with van der Waals surface area (Å²) < 4.78 is 14.3. The molecule has 0 radical (unpaired) electrons. The van der Waals surface area contributed by atoms with Gasteiger partial charge in [-0.05, 0) is 6.92 Å². The maximum Gasteiger partial charge on any atom is 0.154 e. The van der Waals surface area contributed by atoms with Crippen LogP contribution in [-0.4, -0.2) is 14.8 Å². The molecule has 0 aromatic carbocycles. The van der Waals surface area contributed by atoms with Crippen LogP contribution in [0.4, 0.5) is 4.39 Å². The molecule has 2 aromatic heterocycles. The second-order valence-electron chi connectivity index (χ2n) is 2.91. The molecule has 0 saturated heterocycles. The van der Waals surface area contributed by atoms with Crippen LogP contribution in [0.2, 0.25) is 5.15 Å². The molecule has 0 unspecified atom stereocenters. The zero-order chi connectivity index (χ0) is 12.1. The highest BCUT2D eigenvalue weighted by molar-refractivity contribution is 6.30. The van der Waals surface area contributed by atoms with Crippen LogP contribution in [0, 0.1) is 12.7 Å². The van der Waals surface area contributed by atoms with E-state index in [-0.39, 0.29) is 0 Å². The molecule has 0 N–H and O–H groups in total. The van der Waals surface area contributed by atoms with Crippen LogP contribution < -0.4 is 0 Å². The van der Waals surface area contributed by atoms with Crippen molar-refractivity contribution in [1.29, 1.82) is 0 Å². The molecular formula is C11H13ClFN3. The molecule has 0 aliphatic carbocycles. The molecule has 2 aromatic rings. The number of hydrogen-bond donors (Lipinski definition) is 0. The third kappa shape index (κ3) is 2.79. The number of halogens is 2. The molecule has 0 spiro atoms. The van der Waals surface area contributed by atoms with Gasteiger partial charge in [0.2, 0.25) is 0 Å². The van der Waals surface area contributed by atoms with E-state index in [0.717, 1.165) is 11.8 Å². The van der Waals surface area contributed by atoms with Gasteiger partial charge in [-0.15, -0.1) is 0 Å². The Morgan fingerprint density at radius 1 is 1.31 bits per heavy atom. The van der Waals surface area contributed by atoms with Crippen molar-refractivity contribution in [3.63, 3.8) is 0 Å². The molecule has 0 aliphatic rings. The fourth-order valence-corrected chi connectivity index (χ4v) is 1.23. The number of rotatable bonds is 1. The summed E-state index contributed by atoms with van der Waals surface area (Å²) in [6.45, 7) is 5.83. The van der Waals surface area contributed by atoms with Gasteiger partial charge in [0.15, 0.2) is 5.15 Å². The van der Waals surface area contributed by atoms with Crippen LogP contribution in [-0.2, 0) is 0 Å². The first-order valence-corrected chi connectivity index (χ1v) is 5.37. The summed E-state index contributed by atoms with van der Waals surface area (Å²) >= 11 is 5.77. The van der Waals surface area contributed by atoms with Gasteiger partial charge < -0.3 is 0 Å². The Bertz CT molecular complexity index is 449. The second-order valence-corrected chi connectivity index (χ2v) is 3.27. The van der Waals surface area contributed by atoms with E-state index >= 15 is 0 Å². The third-order valence-electron chi connectivity index (χ3n) is 1.79. The lowest BCUT2D eigenvalue weighted by molar-refractivity contribution is 0.618. The van der Waals surface area contributed by atoms with Crippen molar-refractivity contribution in [3.05, 3.63) is 41.2 Å². The predicted molar refractivity (Wildman–Crippen MR) is 62.4 cm³/mol. The molecule has 0 saturated carbocycles. The number of hydrogen-bond acceptors (Lipinski definition) is 2. The first kappa shape index (κ1) is 12.6.